The van der Waals surface area contributed by atoms with Crippen molar-refractivity contribution in [2.24, 2.45) is 5.92 Å². The predicted molar refractivity (Wildman–Crippen MR) is 77.2 cm³/mol. The molecule has 0 bridgehead atoms. The monoisotopic (exact) mass is 315 g/mol. The molecule has 0 spiro atoms. The molecule has 3 rings (SSSR count). The van der Waals surface area contributed by atoms with Crippen molar-refractivity contribution in [1.29, 1.82) is 0 Å². The van der Waals surface area contributed by atoms with Gasteiger partial charge in [-0.25, -0.2) is 4.39 Å². The van der Waals surface area contributed by atoms with Crippen LogP contribution in [0.1, 0.15) is 50.3 Å². The summed E-state index contributed by atoms with van der Waals surface area (Å²) in [6.07, 6.45) is -2.80. The minimum Gasteiger partial charge on any atom is -0.287 e. The maximum atomic E-state index is 14.0. The molecular weight excluding hydrogens is 294 g/mol. The fourth-order valence-electron chi connectivity index (χ4n) is 4.28. The smallest absolute Gasteiger partial charge is 0.287 e. The van der Waals surface area contributed by atoms with Gasteiger partial charge in [-0.2, -0.15) is 13.2 Å². The lowest BCUT2D eigenvalue weighted by Crippen LogP contribution is -2.43. The highest BCUT2D eigenvalue weighted by molar-refractivity contribution is 5.29. The van der Waals surface area contributed by atoms with Crippen LogP contribution < -0.4 is 0 Å². The summed E-state index contributed by atoms with van der Waals surface area (Å²) < 4.78 is 52.0. The summed E-state index contributed by atoms with van der Waals surface area (Å²) in [4.78, 5) is 2.20. The normalized spacial score (nSPS) is 32.7. The molecule has 0 radical (unpaired) electrons. The van der Waals surface area contributed by atoms with Gasteiger partial charge in [-0.3, -0.25) is 4.90 Å². The van der Waals surface area contributed by atoms with Crippen LogP contribution in [-0.2, 0) is 6.18 Å². The maximum Gasteiger partial charge on any atom is 0.416 e. The SMILES string of the molecule is CC(C)[C@@]12CC[C@H](c3ccc(C(F)(F)F)cc3)N1C[C@H](F)C2. The van der Waals surface area contributed by atoms with E-state index in [0.717, 1.165) is 30.5 Å². The largest absolute Gasteiger partial charge is 0.416 e. The van der Waals surface area contributed by atoms with Gasteiger partial charge in [-0.15, -0.1) is 0 Å². The van der Waals surface area contributed by atoms with Gasteiger partial charge < -0.3 is 0 Å². The predicted octanol–water partition coefficient (Wildman–Crippen LogP) is 4.98. The van der Waals surface area contributed by atoms with Crippen LogP contribution in [0.5, 0.6) is 0 Å². The van der Waals surface area contributed by atoms with E-state index in [1.807, 2.05) is 0 Å². The van der Waals surface area contributed by atoms with E-state index >= 15 is 0 Å². The first kappa shape index (κ1) is 15.8. The van der Waals surface area contributed by atoms with Gasteiger partial charge in [-0.05, 0) is 42.9 Å². The molecule has 0 aromatic heterocycles. The van der Waals surface area contributed by atoms with Gasteiger partial charge in [-0.1, -0.05) is 26.0 Å². The third-order valence-corrected chi connectivity index (χ3v) is 5.47. The molecule has 1 nitrogen and oxygen atoms in total. The first-order valence-electron chi connectivity index (χ1n) is 7.82. The van der Waals surface area contributed by atoms with Gasteiger partial charge in [0.2, 0.25) is 0 Å². The van der Waals surface area contributed by atoms with Crippen LogP contribution in [-0.4, -0.2) is 23.2 Å². The summed E-state index contributed by atoms with van der Waals surface area (Å²) in [6, 6.07) is 5.40. The van der Waals surface area contributed by atoms with E-state index in [1.54, 1.807) is 12.1 Å². The zero-order valence-corrected chi connectivity index (χ0v) is 12.8. The second-order valence-corrected chi connectivity index (χ2v) is 6.89. The molecule has 2 aliphatic rings. The molecule has 0 saturated carbocycles. The summed E-state index contributed by atoms with van der Waals surface area (Å²) in [6.45, 7) is 4.62. The summed E-state index contributed by atoms with van der Waals surface area (Å²) in [5, 5.41) is 0. The molecular formula is C17H21F4N. The van der Waals surface area contributed by atoms with Crippen LogP contribution in [0.2, 0.25) is 0 Å². The average Bonchev–Trinajstić information content (AvgIpc) is 2.93. The van der Waals surface area contributed by atoms with Crippen molar-refractivity contribution in [1.82, 2.24) is 4.90 Å². The van der Waals surface area contributed by atoms with Crippen molar-refractivity contribution < 1.29 is 17.6 Å². The Balaban J connectivity index is 1.87. The third-order valence-electron chi connectivity index (χ3n) is 5.47. The zero-order chi connectivity index (χ0) is 16.1. The lowest BCUT2D eigenvalue weighted by molar-refractivity contribution is -0.137. The molecule has 5 heteroatoms. The molecule has 2 fully saturated rings. The third kappa shape index (κ3) is 2.43. The van der Waals surface area contributed by atoms with Crippen molar-refractivity contribution >= 4 is 0 Å². The van der Waals surface area contributed by atoms with Gasteiger partial charge in [0.15, 0.2) is 0 Å². The first-order valence-corrected chi connectivity index (χ1v) is 7.82. The first-order chi connectivity index (χ1) is 10.2. The Labute approximate surface area is 128 Å². The van der Waals surface area contributed by atoms with Gasteiger partial charge in [0, 0.05) is 18.1 Å². The van der Waals surface area contributed by atoms with Gasteiger partial charge in [0.25, 0.3) is 0 Å². The molecule has 0 unspecified atom stereocenters. The molecule has 0 N–H and O–H groups in total. The molecule has 0 amide bonds. The lowest BCUT2D eigenvalue weighted by atomic mass is 9.82. The minimum atomic E-state index is -4.31. The van der Waals surface area contributed by atoms with Crippen LogP contribution >= 0.6 is 0 Å². The van der Waals surface area contributed by atoms with Gasteiger partial charge in [0.1, 0.15) is 6.17 Å². The Kier molecular flexibility index (Phi) is 3.75. The topological polar surface area (TPSA) is 3.24 Å². The standard InChI is InChI=1S/C17H21F4N/c1-11(2)16-8-7-15(22(16)10-14(18)9-16)12-3-5-13(6-4-12)17(19,20)21/h3-6,11,14-15H,7-10H2,1-2H3/t14-,15-,16+/m1/s1. The number of fused-ring (bicyclic) bond motifs is 1. The van der Waals surface area contributed by atoms with Crippen LogP contribution in [0, 0.1) is 5.92 Å². The molecule has 0 aliphatic carbocycles. The number of hydrogen-bond acceptors (Lipinski definition) is 1. The van der Waals surface area contributed by atoms with Crippen LogP contribution in [0.3, 0.4) is 0 Å². The fourth-order valence-corrected chi connectivity index (χ4v) is 4.28. The summed E-state index contributed by atoms with van der Waals surface area (Å²) in [5.41, 5.74) is 0.103. The molecule has 1 aromatic carbocycles. The van der Waals surface area contributed by atoms with Crippen LogP contribution in [0.4, 0.5) is 17.6 Å². The molecule has 2 aliphatic heterocycles. The molecule has 122 valence electrons. The molecule has 22 heavy (non-hydrogen) atoms. The number of nitrogens with zero attached hydrogens (tertiary/aromatic N) is 1. The summed E-state index contributed by atoms with van der Waals surface area (Å²) in [7, 11) is 0. The van der Waals surface area contributed by atoms with Crippen molar-refractivity contribution in [3.63, 3.8) is 0 Å². The fraction of sp³-hybridized carbons (Fsp3) is 0.647. The van der Waals surface area contributed by atoms with E-state index in [4.69, 9.17) is 0 Å². The van der Waals surface area contributed by atoms with E-state index < -0.39 is 17.9 Å². The van der Waals surface area contributed by atoms with Crippen molar-refractivity contribution in [3.05, 3.63) is 35.4 Å². The number of rotatable bonds is 2. The van der Waals surface area contributed by atoms with Crippen molar-refractivity contribution in [2.45, 2.75) is 57.0 Å². The van der Waals surface area contributed by atoms with Gasteiger partial charge >= 0.3 is 6.18 Å². The van der Waals surface area contributed by atoms with E-state index in [-0.39, 0.29) is 11.6 Å². The Hall–Kier alpha value is -1.10. The Morgan fingerprint density at radius 1 is 1.18 bits per heavy atom. The highest BCUT2D eigenvalue weighted by Crippen LogP contribution is 2.52. The quantitative estimate of drug-likeness (QED) is 0.696. The lowest BCUT2D eigenvalue weighted by Gasteiger charge is -2.38. The van der Waals surface area contributed by atoms with Crippen molar-refractivity contribution in [2.75, 3.05) is 6.54 Å². The summed E-state index contributed by atoms with van der Waals surface area (Å²) in [5.74, 6) is 0.340. The second-order valence-electron chi connectivity index (χ2n) is 6.89. The van der Waals surface area contributed by atoms with Crippen LogP contribution in [0.25, 0.3) is 0 Å². The van der Waals surface area contributed by atoms with Gasteiger partial charge in [0.05, 0.1) is 5.56 Å². The Bertz CT molecular complexity index is 537. The highest BCUT2D eigenvalue weighted by Gasteiger charge is 2.54. The Morgan fingerprint density at radius 3 is 2.36 bits per heavy atom. The van der Waals surface area contributed by atoms with E-state index in [1.165, 1.54) is 0 Å². The zero-order valence-electron chi connectivity index (χ0n) is 12.8. The van der Waals surface area contributed by atoms with Crippen LogP contribution in [0.15, 0.2) is 24.3 Å². The number of benzene rings is 1. The number of alkyl halides is 4. The number of halogens is 4. The second kappa shape index (κ2) is 5.22. The highest BCUT2D eigenvalue weighted by atomic mass is 19.4. The van der Waals surface area contributed by atoms with E-state index in [0.29, 0.717) is 18.9 Å². The van der Waals surface area contributed by atoms with Crippen molar-refractivity contribution in [3.8, 4) is 0 Å². The maximum absolute atomic E-state index is 14.0. The minimum absolute atomic E-state index is 0.0328. The molecule has 1 aromatic rings. The van der Waals surface area contributed by atoms with E-state index in [9.17, 15) is 17.6 Å². The molecule has 2 heterocycles. The van der Waals surface area contributed by atoms with E-state index in [2.05, 4.69) is 18.7 Å². The average molecular weight is 315 g/mol. The molecule has 2 saturated heterocycles. The Morgan fingerprint density at radius 2 is 1.82 bits per heavy atom. The summed E-state index contributed by atoms with van der Waals surface area (Å²) >= 11 is 0. The number of hydrogen-bond donors (Lipinski definition) is 0. The molecule has 3 atom stereocenters.